The first-order chi connectivity index (χ1) is 3.79. The molecule has 4 atom stereocenters. The molecule has 1 heteroatoms. The summed E-state index contributed by atoms with van der Waals surface area (Å²) in [6.07, 6.45) is 1.29. The maximum atomic E-state index is 12.4. The van der Waals surface area contributed by atoms with Gasteiger partial charge in [0.25, 0.3) is 0 Å². The standard InChI is InChI=1S/C7H11F/c1-4-6-2-5(8)3-7(4)6/h4-7H,2-3H2,1H3/t4?,5?,6-,7+. The average Bonchev–Trinajstić information content (AvgIpc) is 2.29. The maximum absolute atomic E-state index is 12.4. The first kappa shape index (κ1) is 4.78. The predicted molar refractivity (Wildman–Crippen MR) is 30.3 cm³/mol. The quantitative estimate of drug-likeness (QED) is 0.452. The van der Waals surface area contributed by atoms with Crippen LogP contribution in [0, 0.1) is 17.8 Å². The van der Waals surface area contributed by atoms with E-state index in [2.05, 4.69) is 6.92 Å². The number of alkyl halides is 1. The second-order valence-corrected chi connectivity index (χ2v) is 3.26. The third-order valence-electron chi connectivity index (χ3n) is 2.82. The summed E-state index contributed by atoms with van der Waals surface area (Å²) >= 11 is 0. The first-order valence-corrected chi connectivity index (χ1v) is 3.43. The largest absolute Gasteiger partial charge is 0.247 e. The molecule has 0 saturated heterocycles. The molecule has 0 heterocycles. The number of halogens is 1. The van der Waals surface area contributed by atoms with Gasteiger partial charge in [-0.25, -0.2) is 4.39 Å². The van der Waals surface area contributed by atoms with Crippen molar-refractivity contribution in [1.29, 1.82) is 0 Å². The number of hydrogen-bond donors (Lipinski definition) is 0. The highest BCUT2D eigenvalue weighted by Gasteiger charge is 2.53. The van der Waals surface area contributed by atoms with Crippen molar-refractivity contribution in [3.8, 4) is 0 Å². The summed E-state index contributed by atoms with van der Waals surface area (Å²) < 4.78 is 12.4. The molecule has 2 saturated carbocycles. The molecule has 46 valence electrons. The molecular weight excluding hydrogens is 103 g/mol. The summed E-state index contributed by atoms with van der Waals surface area (Å²) in [6.45, 7) is 2.24. The molecule has 0 N–H and O–H groups in total. The van der Waals surface area contributed by atoms with Crippen molar-refractivity contribution in [2.45, 2.75) is 25.9 Å². The lowest BCUT2D eigenvalue weighted by Gasteiger charge is -1.98. The fourth-order valence-electron chi connectivity index (χ4n) is 2.10. The molecule has 2 fully saturated rings. The van der Waals surface area contributed by atoms with Gasteiger partial charge in [0.2, 0.25) is 0 Å². The lowest BCUT2D eigenvalue weighted by molar-refractivity contribution is 0.303. The van der Waals surface area contributed by atoms with Crippen molar-refractivity contribution in [3.63, 3.8) is 0 Å². The van der Waals surface area contributed by atoms with Crippen molar-refractivity contribution in [3.05, 3.63) is 0 Å². The van der Waals surface area contributed by atoms with E-state index in [1.165, 1.54) is 0 Å². The minimum Gasteiger partial charge on any atom is -0.247 e. The van der Waals surface area contributed by atoms with Crippen LogP contribution in [0.1, 0.15) is 19.8 Å². The van der Waals surface area contributed by atoms with Gasteiger partial charge in [-0.15, -0.1) is 0 Å². The van der Waals surface area contributed by atoms with E-state index in [0.717, 1.165) is 30.6 Å². The predicted octanol–water partition coefficient (Wildman–Crippen LogP) is 2.00. The topological polar surface area (TPSA) is 0 Å². The van der Waals surface area contributed by atoms with E-state index in [-0.39, 0.29) is 0 Å². The Morgan fingerprint density at radius 2 is 1.75 bits per heavy atom. The van der Waals surface area contributed by atoms with Crippen molar-refractivity contribution >= 4 is 0 Å². The summed E-state index contributed by atoms with van der Waals surface area (Å²) in [5.74, 6) is 2.43. The molecule has 0 aliphatic heterocycles. The Morgan fingerprint density at radius 3 is 2.12 bits per heavy atom. The van der Waals surface area contributed by atoms with Crippen LogP contribution in [0.15, 0.2) is 0 Å². The Hall–Kier alpha value is -0.0700. The minimum atomic E-state index is -0.443. The van der Waals surface area contributed by atoms with Gasteiger partial charge in [-0.05, 0) is 30.6 Å². The smallest absolute Gasteiger partial charge is 0.101 e. The van der Waals surface area contributed by atoms with E-state index in [9.17, 15) is 4.39 Å². The van der Waals surface area contributed by atoms with Crippen LogP contribution in [0.3, 0.4) is 0 Å². The third-order valence-corrected chi connectivity index (χ3v) is 2.82. The van der Waals surface area contributed by atoms with Crippen LogP contribution in [-0.4, -0.2) is 6.17 Å². The second kappa shape index (κ2) is 1.26. The number of hydrogen-bond acceptors (Lipinski definition) is 0. The van der Waals surface area contributed by atoms with Gasteiger partial charge in [-0.2, -0.15) is 0 Å². The zero-order chi connectivity index (χ0) is 5.72. The van der Waals surface area contributed by atoms with Crippen LogP contribution < -0.4 is 0 Å². The minimum absolute atomic E-state index is 0.443. The van der Waals surface area contributed by atoms with Crippen molar-refractivity contribution < 1.29 is 4.39 Å². The van der Waals surface area contributed by atoms with E-state index >= 15 is 0 Å². The molecule has 0 amide bonds. The molecule has 0 aromatic carbocycles. The van der Waals surface area contributed by atoms with Crippen molar-refractivity contribution in [1.82, 2.24) is 0 Å². The van der Waals surface area contributed by atoms with Gasteiger partial charge in [0.15, 0.2) is 0 Å². The Balaban J connectivity index is 2.00. The van der Waals surface area contributed by atoms with Gasteiger partial charge < -0.3 is 0 Å². The molecule has 2 aliphatic rings. The van der Waals surface area contributed by atoms with E-state index < -0.39 is 6.17 Å². The molecule has 2 rings (SSSR count). The molecule has 0 aromatic heterocycles. The summed E-state index contributed by atoms with van der Waals surface area (Å²) in [5.41, 5.74) is 0. The van der Waals surface area contributed by atoms with Crippen LogP contribution in [0.4, 0.5) is 4.39 Å². The lowest BCUT2D eigenvalue weighted by Crippen LogP contribution is -1.96. The Morgan fingerprint density at radius 1 is 1.25 bits per heavy atom. The lowest BCUT2D eigenvalue weighted by atomic mass is 10.1. The molecule has 0 radical (unpaired) electrons. The van der Waals surface area contributed by atoms with Gasteiger partial charge in [-0.3, -0.25) is 0 Å². The van der Waals surface area contributed by atoms with E-state index in [1.54, 1.807) is 0 Å². The highest BCUT2D eigenvalue weighted by atomic mass is 19.1. The SMILES string of the molecule is CC1[C@H]2CC(F)C[C@@H]12. The molecule has 2 aliphatic carbocycles. The van der Waals surface area contributed by atoms with Gasteiger partial charge in [0, 0.05) is 0 Å². The molecule has 0 spiro atoms. The van der Waals surface area contributed by atoms with E-state index in [0.29, 0.717) is 0 Å². The zero-order valence-electron chi connectivity index (χ0n) is 5.10. The molecule has 0 nitrogen and oxygen atoms in total. The number of rotatable bonds is 0. The van der Waals surface area contributed by atoms with Crippen LogP contribution >= 0.6 is 0 Å². The van der Waals surface area contributed by atoms with Crippen LogP contribution in [-0.2, 0) is 0 Å². The normalized spacial score (nSPS) is 60.8. The highest BCUT2D eigenvalue weighted by Crippen LogP contribution is 2.57. The van der Waals surface area contributed by atoms with Crippen LogP contribution in [0.5, 0.6) is 0 Å². The fraction of sp³-hybridized carbons (Fsp3) is 1.00. The van der Waals surface area contributed by atoms with Crippen LogP contribution in [0.25, 0.3) is 0 Å². The van der Waals surface area contributed by atoms with Crippen molar-refractivity contribution in [2.75, 3.05) is 0 Å². The third kappa shape index (κ3) is 0.448. The average molecular weight is 114 g/mol. The second-order valence-electron chi connectivity index (χ2n) is 3.26. The Bertz CT molecular complexity index is 99.0. The van der Waals surface area contributed by atoms with Crippen LogP contribution in [0.2, 0.25) is 0 Å². The summed E-state index contributed by atoms with van der Waals surface area (Å²) in [6, 6.07) is 0. The summed E-state index contributed by atoms with van der Waals surface area (Å²) in [7, 11) is 0. The van der Waals surface area contributed by atoms with Gasteiger partial charge in [0.05, 0.1) is 0 Å². The Kier molecular flexibility index (Phi) is 0.750. The molecule has 0 aromatic rings. The number of fused-ring (bicyclic) bond motifs is 1. The van der Waals surface area contributed by atoms with E-state index in [1.807, 2.05) is 0 Å². The monoisotopic (exact) mass is 114 g/mol. The highest BCUT2D eigenvalue weighted by molar-refractivity contribution is 5.01. The van der Waals surface area contributed by atoms with Gasteiger partial charge >= 0.3 is 0 Å². The molecule has 0 bridgehead atoms. The van der Waals surface area contributed by atoms with Crippen molar-refractivity contribution in [2.24, 2.45) is 17.8 Å². The van der Waals surface area contributed by atoms with E-state index in [4.69, 9.17) is 0 Å². The van der Waals surface area contributed by atoms with Gasteiger partial charge in [-0.1, -0.05) is 6.92 Å². The maximum Gasteiger partial charge on any atom is 0.101 e. The first-order valence-electron chi connectivity index (χ1n) is 3.43. The fourth-order valence-corrected chi connectivity index (χ4v) is 2.10. The summed E-state index contributed by atoms with van der Waals surface area (Å²) in [5, 5.41) is 0. The molecule has 2 unspecified atom stereocenters. The Labute approximate surface area is 49.1 Å². The molecule has 8 heavy (non-hydrogen) atoms. The molecular formula is C7H11F. The summed E-state index contributed by atoms with van der Waals surface area (Å²) in [4.78, 5) is 0. The zero-order valence-corrected chi connectivity index (χ0v) is 5.10. The van der Waals surface area contributed by atoms with Gasteiger partial charge in [0.1, 0.15) is 6.17 Å².